The third kappa shape index (κ3) is 2.12. The summed E-state index contributed by atoms with van der Waals surface area (Å²) in [7, 11) is -0.657. The van der Waals surface area contributed by atoms with Crippen molar-refractivity contribution >= 4 is 22.3 Å². The SMILES string of the molecule is Cc1ccnc(N2CCS(=O)CC2)c1N. The second-order valence-electron chi connectivity index (χ2n) is 3.70. The number of nitrogens with zero attached hydrogens (tertiary/aromatic N) is 2. The Morgan fingerprint density at radius 3 is 2.80 bits per heavy atom. The molecule has 0 unspecified atom stereocenters. The highest BCUT2D eigenvalue weighted by atomic mass is 32.2. The average molecular weight is 225 g/mol. The fourth-order valence-electron chi connectivity index (χ4n) is 1.66. The van der Waals surface area contributed by atoms with Gasteiger partial charge in [0, 0.05) is 41.6 Å². The quantitative estimate of drug-likeness (QED) is 0.758. The second-order valence-corrected chi connectivity index (χ2v) is 5.40. The van der Waals surface area contributed by atoms with E-state index in [4.69, 9.17) is 5.73 Å². The molecule has 1 saturated heterocycles. The smallest absolute Gasteiger partial charge is 0.152 e. The summed E-state index contributed by atoms with van der Waals surface area (Å²) >= 11 is 0. The third-order valence-electron chi connectivity index (χ3n) is 2.66. The van der Waals surface area contributed by atoms with E-state index < -0.39 is 10.8 Å². The number of nitrogens with two attached hydrogens (primary N) is 1. The minimum Gasteiger partial charge on any atom is -0.396 e. The molecule has 1 fully saturated rings. The van der Waals surface area contributed by atoms with Crippen LogP contribution in [0.4, 0.5) is 11.5 Å². The van der Waals surface area contributed by atoms with Gasteiger partial charge in [0.1, 0.15) is 0 Å². The van der Waals surface area contributed by atoms with Gasteiger partial charge in [0.05, 0.1) is 5.69 Å². The van der Waals surface area contributed by atoms with Crippen molar-refractivity contribution in [1.82, 2.24) is 4.98 Å². The summed E-state index contributed by atoms with van der Waals surface area (Å²) in [4.78, 5) is 6.40. The van der Waals surface area contributed by atoms with E-state index in [1.165, 1.54) is 0 Å². The van der Waals surface area contributed by atoms with Crippen molar-refractivity contribution in [3.63, 3.8) is 0 Å². The molecule has 1 aliphatic rings. The molecule has 0 radical (unpaired) electrons. The van der Waals surface area contributed by atoms with E-state index in [9.17, 15) is 4.21 Å². The van der Waals surface area contributed by atoms with Gasteiger partial charge in [-0.2, -0.15) is 0 Å². The predicted molar refractivity (Wildman–Crippen MR) is 63.5 cm³/mol. The molecule has 0 atom stereocenters. The van der Waals surface area contributed by atoms with Crippen molar-refractivity contribution in [2.24, 2.45) is 0 Å². The van der Waals surface area contributed by atoms with Crippen molar-refractivity contribution in [3.8, 4) is 0 Å². The van der Waals surface area contributed by atoms with Crippen LogP contribution in [0, 0.1) is 6.92 Å². The molecule has 4 nitrogen and oxygen atoms in total. The Morgan fingerprint density at radius 2 is 2.13 bits per heavy atom. The maximum atomic E-state index is 11.2. The zero-order valence-corrected chi connectivity index (χ0v) is 9.59. The molecule has 0 amide bonds. The van der Waals surface area contributed by atoms with Gasteiger partial charge in [-0.05, 0) is 18.6 Å². The zero-order chi connectivity index (χ0) is 10.8. The number of nitrogen functional groups attached to an aromatic ring is 1. The van der Waals surface area contributed by atoms with E-state index in [-0.39, 0.29) is 0 Å². The van der Waals surface area contributed by atoms with Crippen molar-refractivity contribution in [3.05, 3.63) is 17.8 Å². The Bertz CT molecular complexity index is 384. The Labute approximate surface area is 91.9 Å². The highest BCUT2D eigenvalue weighted by molar-refractivity contribution is 7.85. The van der Waals surface area contributed by atoms with Crippen LogP contribution in [-0.2, 0) is 10.8 Å². The van der Waals surface area contributed by atoms with Crippen LogP contribution in [0.25, 0.3) is 0 Å². The van der Waals surface area contributed by atoms with E-state index in [0.717, 1.165) is 41.7 Å². The lowest BCUT2D eigenvalue weighted by Crippen LogP contribution is -2.38. The van der Waals surface area contributed by atoms with Crippen LogP contribution in [0.3, 0.4) is 0 Å². The van der Waals surface area contributed by atoms with Crippen LogP contribution < -0.4 is 10.6 Å². The van der Waals surface area contributed by atoms with Crippen molar-refractivity contribution < 1.29 is 4.21 Å². The molecule has 1 aliphatic heterocycles. The first kappa shape index (κ1) is 10.4. The first-order valence-corrected chi connectivity index (χ1v) is 6.48. The number of aromatic nitrogens is 1. The minimum absolute atomic E-state index is 0.657. The number of hydrogen-bond donors (Lipinski definition) is 1. The molecule has 0 spiro atoms. The van der Waals surface area contributed by atoms with Crippen LogP contribution in [0.1, 0.15) is 5.56 Å². The van der Waals surface area contributed by atoms with Gasteiger partial charge in [0.2, 0.25) is 0 Å². The Balaban J connectivity index is 2.22. The number of rotatable bonds is 1. The average Bonchev–Trinajstić information content (AvgIpc) is 2.24. The molecule has 0 aromatic carbocycles. The van der Waals surface area contributed by atoms with Crippen molar-refractivity contribution in [2.75, 3.05) is 35.2 Å². The van der Waals surface area contributed by atoms with Crippen LogP contribution in [0.2, 0.25) is 0 Å². The highest BCUT2D eigenvalue weighted by Crippen LogP contribution is 2.23. The Kier molecular flexibility index (Phi) is 2.90. The maximum absolute atomic E-state index is 11.2. The fraction of sp³-hybridized carbons (Fsp3) is 0.500. The second kappa shape index (κ2) is 4.18. The largest absolute Gasteiger partial charge is 0.396 e. The number of pyridine rings is 1. The summed E-state index contributed by atoms with van der Waals surface area (Å²) in [5.74, 6) is 2.27. The first-order valence-electron chi connectivity index (χ1n) is 4.99. The van der Waals surface area contributed by atoms with Gasteiger partial charge in [-0.15, -0.1) is 0 Å². The molecule has 1 aromatic heterocycles. The van der Waals surface area contributed by atoms with Crippen LogP contribution in [-0.4, -0.2) is 33.8 Å². The summed E-state index contributed by atoms with van der Waals surface area (Å²) in [5, 5.41) is 0. The van der Waals surface area contributed by atoms with E-state index >= 15 is 0 Å². The lowest BCUT2D eigenvalue weighted by atomic mass is 10.2. The molecule has 2 rings (SSSR count). The summed E-state index contributed by atoms with van der Waals surface area (Å²) in [6.45, 7) is 3.54. The molecule has 0 aliphatic carbocycles. The van der Waals surface area contributed by atoms with Gasteiger partial charge >= 0.3 is 0 Å². The van der Waals surface area contributed by atoms with E-state index in [0.29, 0.717) is 0 Å². The number of aryl methyl sites for hydroxylation is 1. The topological polar surface area (TPSA) is 59.2 Å². The van der Waals surface area contributed by atoms with Crippen LogP contribution in [0.5, 0.6) is 0 Å². The molecule has 2 heterocycles. The normalized spacial score (nSPS) is 18.1. The summed E-state index contributed by atoms with van der Waals surface area (Å²) in [5.41, 5.74) is 7.76. The molecule has 0 saturated carbocycles. The maximum Gasteiger partial charge on any atom is 0.152 e. The Hall–Kier alpha value is -1.10. The summed E-state index contributed by atoms with van der Waals surface area (Å²) < 4.78 is 11.2. The standard InChI is InChI=1S/C10H15N3OS/c1-8-2-3-12-10(9(8)11)13-4-6-15(14)7-5-13/h2-3H,4-7,11H2,1H3. The number of anilines is 2. The summed E-state index contributed by atoms with van der Waals surface area (Å²) in [6.07, 6.45) is 1.77. The van der Waals surface area contributed by atoms with Crippen LogP contribution >= 0.6 is 0 Å². The number of hydrogen-bond acceptors (Lipinski definition) is 4. The zero-order valence-electron chi connectivity index (χ0n) is 8.77. The van der Waals surface area contributed by atoms with Gasteiger partial charge in [0.25, 0.3) is 0 Å². The lowest BCUT2D eigenvalue weighted by molar-refractivity contribution is 0.672. The minimum atomic E-state index is -0.657. The van der Waals surface area contributed by atoms with Crippen LogP contribution in [0.15, 0.2) is 12.3 Å². The van der Waals surface area contributed by atoms with Crippen molar-refractivity contribution in [2.45, 2.75) is 6.92 Å². The highest BCUT2D eigenvalue weighted by Gasteiger charge is 2.18. The van der Waals surface area contributed by atoms with E-state index in [1.54, 1.807) is 6.20 Å². The fourth-order valence-corrected chi connectivity index (χ4v) is 2.71. The van der Waals surface area contributed by atoms with E-state index in [1.807, 2.05) is 13.0 Å². The van der Waals surface area contributed by atoms with Gasteiger partial charge < -0.3 is 10.6 Å². The van der Waals surface area contributed by atoms with Gasteiger partial charge in [-0.25, -0.2) is 4.98 Å². The summed E-state index contributed by atoms with van der Waals surface area (Å²) in [6, 6.07) is 1.90. The monoisotopic (exact) mass is 225 g/mol. The molecule has 1 aromatic rings. The van der Waals surface area contributed by atoms with Gasteiger partial charge in [0.15, 0.2) is 5.82 Å². The molecular weight excluding hydrogens is 210 g/mol. The predicted octanol–water partition coefficient (Wildman–Crippen LogP) is 0.541. The molecule has 0 bridgehead atoms. The van der Waals surface area contributed by atoms with E-state index in [2.05, 4.69) is 9.88 Å². The first-order chi connectivity index (χ1) is 7.18. The molecule has 2 N–H and O–H groups in total. The van der Waals surface area contributed by atoms with Gasteiger partial charge in [-0.1, -0.05) is 0 Å². The lowest BCUT2D eigenvalue weighted by Gasteiger charge is -2.28. The van der Waals surface area contributed by atoms with Crippen molar-refractivity contribution in [1.29, 1.82) is 0 Å². The third-order valence-corrected chi connectivity index (χ3v) is 3.94. The van der Waals surface area contributed by atoms with Gasteiger partial charge in [-0.3, -0.25) is 4.21 Å². The molecule has 5 heteroatoms. The molecule has 82 valence electrons. The Morgan fingerprint density at radius 1 is 1.47 bits per heavy atom. The molecular formula is C10H15N3OS. The molecule has 15 heavy (non-hydrogen) atoms.